The first-order valence-corrected chi connectivity index (χ1v) is 18.9. The summed E-state index contributed by atoms with van der Waals surface area (Å²) in [5.41, 5.74) is 5.13. The van der Waals surface area contributed by atoms with Crippen molar-refractivity contribution in [3.8, 4) is 23.0 Å². The van der Waals surface area contributed by atoms with Crippen LogP contribution < -0.4 is 18.9 Å². The molecule has 0 saturated heterocycles. The molecular formula is C47H55NO6. The molecule has 4 aromatic rings. The molecule has 0 saturated carbocycles. The van der Waals surface area contributed by atoms with Crippen LogP contribution >= 0.6 is 0 Å². The number of hydrogen-bond acceptors (Lipinski definition) is 7. The van der Waals surface area contributed by atoms with Gasteiger partial charge in [-0.15, -0.1) is 0 Å². The molecule has 0 N–H and O–H groups in total. The summed E-state index contributed by atoms with van der Waals surface area (Å²) in [4.78, 5) is 30.0. The van der Waals surface area contributed by atoms with Gasteiger partial charge < -0.3 is 18.9 Å². The fraction of sp³-hybridized carbons (Fsp3) is 0.340. The van der Waals surface area contributed by atoms with Crippen molar-refractivity contribution in [3.05, 3.63) is 137 Å². The lowest BCUT2D eigenvalue weighted by Gasteiger charge is -2.12. The Balaban J connectivity index is 1.17. The maximum Gasteiger partial charge on any atom is 0.343 e. The molecule has 4 rings (SSSR count). The normalized spacial score (nSPS) is 12.0. The number of ether oxygens (including phenoxy) is 4. The highest BCUT2D eigenvalue weighted by atomic mass is 16.5. The summed E-state index contributed by atoms with van der Waals surface area (Å²) in [6.45, 7) is 14.3. The third-order valence-corrected chi connectivity index (χ3v) is 8.86. The molecule has 284 valence electrons. The smallest absolute Gasteiger partial charge is 0.343 e. The van der Waals surface area contributed by atoms with Gasteiger partial charge in [0.2, 0.25) is 0 Å². The number of nitrogens with zero attached hydrogens (tertiary/aromatic N) is 1. The SMILES string of the molecule is CC(C)=CCCC(C)CCOc1ccc(C(=O)Oc2ccc(C=Nc3ccc(OC(=O)c4ccc(OCCC(C)CCC=C(C)C)cc4)cc3)cc2)cc1. The number of hydrogen-bond donors (Lipinski definition) is 0. The Morgan fingerprint density at radius 3 is 1.33 bits per heavy atom. The lowest BCUT2D eigenvalue weighted by atomic mass is 10.0. The summed E-state index contributed by atoms with van der Waals surface area (Å²) < 4.78 is 22.9. The molecule has 0 aliphatic carbocycles. The van der Waals surface area contributed by atoms with Crippen molar-refractivity contribution < 1.29 is 28.5 Å². The van der Waals surface area contributed by atoms with Gasteiger partial charge in [-0.05, 0) is 181 Å². The minimum absolute atomic E-state index is 0.422. The van der Waals surface area contributed by atoms with Gasteiger partial charge in [-0.3, -0.25) is 4.99 Å². The zero-order chi connectivity index (χ0) is 38.7. The van der Waals surface area contributed by atoms with E-state index in [0.29, 0.717) is 53.4 Å². The van der Waals surface area contributed by atoms with Crippen LogP contribution in [0.2, 0.25) is 0 Å². The number of aliphatic imine (C=N–C) groups is 1. The average Bonchev–Trinajstić information content (AvgIpc) is 3.15. The van der Waals surface area contributed by atoms with Crippen molar-refractivity contribution >= 4 is 23.8 Å². The minimum Gasteiger partial charge on any atom is -0.494 e. The third-order valence-electron chi connectivity index (χ3n) is 8.86. The van der Waals surface area contributed by atoms with Crippen LogP contribution in [0.1, 0.15) is 106 Å². The molecule has 2 unspecified atom stereocenters. The van der Waals surface area contributed by atoms with Gasteiger partial charge in [-0.2, -0.15) is 0 Å². The molecule has 0 fully saturated rings. The van der Waals surface area contributed by atoms with E-state index in [9.17, 15) is 9.59 Å². The Kier molecular flexibility index (Phi) is 16.8. The highest BCUT2D eigenvalue weighted by Crippen LogP contribution is 2.22. The third kappa shape index (κ3) is 15.3. The van der Waals surface area contributed by atoms with Crippen molar-refractivity contribution in [1.29, 1.82) is 0 Å². The first-order valence-electron chi connectivity index (χ1n) is 18.9. The lowest BCUT2D eigenvalue weighted by Crippen LogP contribution is -2.08. The van der Waals surface area contributed by atoms with E-state index in [1.54, 1.807) is 91.1 Å². The fourth-order valence-electron chi connectivity index (χ4n) is 5.44. The summed E-state index contributed by atoms with van der Waals surface area (Å²) in [7, 11) is 0. The van der Waals surface area contributed by atoms with Gasteiger partial charge in [-0.25, -0.2) is 9.59 Å². The van der Waals surface area contributed by atoms with Crippen molar-refractivity contribution in [1.82, 2.24) is 0 Å². The molecule has 4 aromatic carbocycles. The van der Waals surface area contributed by atoms with E-state index >= 15 is 0 Å². The van der Waals surface area contributed by atoms with Crippen LogP contribution in [0, 0.1) is 11.8 Å². The Labute approximate surface area is 321 Å². The Hall–Kier alpha value is -5.43. The fourth-order valence-corrected chi connectivity index (χ4v) is 5.44. The highest BCUT2D eigenvalue weighted by molar-refractivity contribution is 5.92. The first kappa shape index (κ1) is 41.3. The lowest BCUT2D eigenvalue weighted by molar-refractivity contribution is 0.0725. The predicted molar refractivity (Wildman–Crippen MR) is 219 cm³/mol. The van der Waals surface area contributed by atoms with E-state index in [4.69, 9.17) is 18.9 Å². The van der Waals surface area contributed by atoms with E-state index in [1.165, 1.54) is 11.1 Å². The van der Waals surface area contributed by atoms with Gasteiger partial charge in [0.1, 0.15) is 23.0 Å². The Bertz CT molecular complexity index is 1690. The maximum atomic E-state index is 12.7. The van der Waals surface area contributed by atoms with Crippen LogP contribution in [0.25, 0.3) is 0 Å². The van der Waals surface area contributed by atoms with E-state index < -0.39 is 11.9 Å². The molecule has 2 atom stereocenters. The van der Waals surface area contributed by atoms with Crippen LogP contribution in [-0.4, -0.2) is 31.4 Å². The van der Waals surface area contributed by atoms with Crippen LogP contribution in [0.15, 0.2) is 125 Å². The molecular weight excluding hydrogens is 675 g/mol. The van der Waals surface area contributed by atoms with Crippen molar-refractivity contribution in [2.24, 2.45) is 16.8 Å². The Morgan fingerprint density at radius 2 is 0.926 bits per heavy atom. The van der Waals surface area contributed by atoms with Gasteiger partial charge in [-0.1, -0.05) is 37.1 Å². The maximum absolute atomic E-state index is 12.7. The van der Waals surface area contributed by atoms with E-state index in [2.05, 4.69) is 58.7 Å². The number of carbonyl (C=O) groups excluding carboxylic acids is 2. The zero-order valence-electron chi connectivity index (χ0n) is 32.7. The highest BCUT2D eigenvalue weighted by Gasteiger charge is 2.11. The number of benzene rings is 4. The molecule has 0 heterocycles. The van der Waals surface area contributed by atoms with Gasteiger partial charge in [0.15, 0.2) is 0 Å². The topological polar surface area (TPSA) is 83.4 Å². The van der Waals surface area contributed by atoms with Crippen LogP contribution in [-0.2, 0) is 0 Å². The van der Waals surface area contributed by atoms with Crippen LogP contribution in [0.3, 0.4) is 0 Å². The summed E-state index contributed by atoms with van der Waals surface area (Å²) in [6, 6.07) is 28.1. The van der Waals surface area contributed by atoms with Gasteiger partial charge in [0, 0.05) is 6.21 Å². The molecule has 54 heavy (non-hydrogen) atoms. The quantitative estimate of drug-likeness (QED) is 0.0390. The predicted octanol–water partition coefficient (Wildman–Crippen LogP) is 12.2. The van der Waals surface area contributed by atoms with E-state index in [0.717, 1.165) is 55.6 Å². The standard InChI is InChI=1S/C47H55NO6/c1-34(2)9-7-11-36(5)29-31-51-42-23-15-39(16-24-42)46(49)53-44-21-13-38(14-22-44)33-48-41-19-27-45(28-20-41)54-47(50)40-17-25-43(26-18-40)52-32-30-37(6)12-8-10-35(3)4/h9-10,13-28,33,36-37H,7-8,11-12,29-32H2,1-6H3. The Morgan fingerprint density at radius 1 is 0.537 bits per heavy atom. The largest absolute Gasteiger partial charge is 0.494 e. The average molecular weight is 730 g/mol. The molecule has 0 aliphatic rings. The number of esters is 2. The van der Waals surface area contributed by atoms with Gasteiger partial charge >= 0.3 is 11.9 Å². The second-order valence-electron chi connectivity index (χ2n) is 14.4. The van der Waals surface area contributed by atoms with Crippen molar-refractivity contribution in [3.63, 3.8) is 0 Å². The monoisotopic (exact) mass is 729 g/mol. The summed E-state index contributed by atoms with van der Waals surface area (Å²) in [6.07, 6.45) is 12.7. The summed E-state index contributed by atoms with van der Waals surface area (Å²) in [5, 5.41) is 0. The molecule has 0 amide bonds. The van der Waals surface area contributed by atoms with Crippen LogP contribution in [0.5, 0.6) is 23.0 Å². The molecule has 0 spiro atoms. The minimum atomic E-state index is -0.445. The second-order valence-corrected chi connectivity index (χ2v) is 14.4. The first-order chi connectivity index (χ1) is 26.0. The number of allylic oxidation sites excluding steroid dienone is 4. The summed E-state index contributed by atoms with van der Waals surface area (Å²) in [5.74, 6) is 2.60. The van der Waals surface area contributed by atoms with E-state index in [1.807, 2.05) is 12.1 Å². The van der Waals surface area contributed by atoms with Crippen molar-refractivity contribution in [2.75, 3.05) is 13.2 Å². The molecule has 0 aliphatic heterocycles. The summed E-state index contributed by atoms with van der Waals surface area (Å²) >= 11 is 0. The molecule has 0 aromatic heterocycles. The zero-order valence-corrected chi connectivity index (χ0v) is 32.7. The van der Waals surface area contributed by atoms with Gasteiger partial charge in [0.05, 0.1) is 30.0 Å². The number of carbonyl (C=O) groups is 2. The second kappa shape index (κ2) is 21.9. The molecule has 7 heteroatoms. The van der Waals surface area contributed by atoms with Crippen LogP contribution in [0.4, 0.5) is 5.69 Å². The number of rotatable bonds is 20. The molecule has 0 bridgehead atoms. The van der Waals surface area contributed by atoms with Gasteiger partial charge in [0.25, 0.3) is 0 Å². The molecule has 0 radical (unpaired) electrons. The van der Waals surface area contributed by atoms with E-state index in [-0.39, 0.29) is 0 Å². The van der Waals surface area contributed by atoms with Crippen molar-refractivity contribution in [2.45, 2.75) is 80.1 Å². The molecule has 7 nitrogen and oxygen atoms in total.